The molecule has 1 fully saturated rings. The molecule has 1 aliphatic heterocycles. The Hall–Kier alpha value is -0.570. The van der Waals surface area contributed by atoms with Gasteiger partial charge in [-0.3, -0.25) is 5.41 Å². The summed E-state index contributed by atoms with van der Waals surface area (Å²) in [5.74, 6) is 0.597. The lowest BCUT2D eigenvalue weighted by Crippen LogP contribution is -2.27. The van der Waals surface area contributed by atoms with Crippen LogP contribution in [-0.2, 0) is 0 Å². The molecule has 0 unspecified atom stereocenters. The van der Waals surface area contributed by atoms with Crippen LogP contribution >= 0.6 is 0 Å². The van der Waals surface area contributed by atoms with Crippen LogP contribution in [0.25, 0.3) is 0 Å². The number of aliphatic hydroxyl groups excluding tert-OH is 1. The second-order valence-electron chi connectivity index (χ2n) is 2.61. The van der Waals surface area contributed by atoms with E-state index in [0.29, 0.717) is 12.3 Å². The first-order valence-corrected chi connectivity index (χ1v) is 3.78. The molecule has 3 nitrogen and oxygen atoms in total. The van der Waals surface area contributed by atoms with Crippen molar-refractivity contribution in [3.63, 3.8) is 0 Å². The minimum atomic E-state index is 0.106. The monoisotopic (exact) mass is 142 g/mol. The van der Waals surface area contributed by atoms with Crippen molar-refractivity contribution in [1.82, 2.24) is 4.90 Å². The molecule has 0 aromatic heterocycles. The average Bonchev–Trinajstić information content (AvgIpc) is 2.38. The van der Waals surface area contributed by atoms with Gasteiger partial charge < -0.3 is 10.0 Å². The summed E-state index contributed by atoms with van der Waals surface area (Å²) in [7, 11) is 0. The van der Waals surface area contributed by atoms with Crippen LogP contribution in [0.4, 0.5) is 0 Å². The van der Waals surface area contributed by atoms with Gasteiger partial charge in [0.15, 0.2) is 0 Å². The maximum Gasteiger partial charge on any atom is 0.0980 e. The smallest absolute Gasteiger partial charge is 0.0980 e. The lowest BCUT2D eigenvalue weighted by molar-refractivity contribution is 0.300. The van der Waals surface area contributed by atoms with Crippen LogP contribution in [0.15, 0.2) is 0 Å². The van der Waals surface area contributed by atoms with Crippen LogP contribution in [0, 0.1) is 5.41 Å². The van der Waals surface area contributed by atoms with Gasteiger partial charge in [-0.15, -0.1) is 0 Å². The summed E-state index contributed by atoms with van der Waals surface area (Å²) in [6.45, 7) is 2.13. The predicted molar refractivity (Wildman–Crippen MR) is 40.2 cm³/mol. The van der Waals surface area contributed by atoms with Gasteiger partial charge in [-0.25, -0.2) is 0 Å². The van der Waals surface area contributed by atoms with E-state index in [1.807, 2.05) is 4.90 Å². The lowest BCUT2D eigenvalue weighted by Gasteiger charge is -2.16. The van der Waals surface area contributed by atoms with Crippen molar-refractivity contribution < 1.29 is 5.11 Å². The van der Waals surface area contributed by atoms with Gasteiger partial charge in [0, 0.05) is 19.5 Å². The third-order valence-electron chi connectivity index (χ3n) is 1.84. The van der Waals surface area contributed by atoms with Crippen LogP contribution in [0.3, 0.4) is 0 Å². The summed E-state index contributed by atoms with van der Waals surface area (Å²) in [5, 5.41) is 16.0. The van der Waals surface area contributed by atoms with Gasteiger partial charge in [-0.1, -0.05) is 0 Å². The second kappa shape index (κ2) is 3.56. The zero-order chi connectivity index (χ0) is 7.40. The number of likely N-dealkylation sites (tertiary alicyclic amines) is 1. The van der Waals surface area contributed by atoms with E-state index in [-0.39, 0.29) is 6.61 Å². The highest BCUT2D eigenvalue weighted by Gasteiger charge is 2.13. The third kappa shape index (κ3) is 1.70. The van der Waals surface area contributed by atoms with E-state index in [4.69, 9.17) is 10.5 Å². The molecule has 3 heteroatoms. The number of aliphatic hydroxyl groups is 1. The summed E-state index contributed by atoms with van der Waals surface area (Å²) >= 11 is 0. The number of nitrogens with one attached hydrogen (secondary N) is 1. The van der Waals surface area contributed by atoms with Crippen LogP contribution in [0.1, 0.15) is 19.3 Å². The van der Waals surface area contributed by atoms with Crippen molar-refractivity contribution in [3.8, 4) is 0 Å². The largest absolute Gasteiger partial charge is 0.396 e. The molecule has 0 bridgehead atoms. The van der Waals surface area contributed by atoms with Crippen molar-refractivity contribution in [1.29, 1.82) is 5.41 Å². The van der Waals surface area contributed by atoms with Crippen molar-refractivity contribution in [2.24, 2.45) is 0 Å². The third-order valence-corrected chi connectivity index (χ3v) is 1.84. The molecule has 0 aromatic rings. The zero-order valence-corrected chi connectivity index (χ0v) is 6.14. The van der Waals surface area contributed by atoms with Crippen LogP contribution in [0.2, 0.25) is 0 Å². The summed E-state index contributed by atoms with van der Waals surface area (Å²) < 4.78 is 0. The van der Waals surface area contributed by atoms with E-state index >= 15 is 0 Å². The van der Waals surface area contributed by atoms with Crippen molar-refractivity contribution in [2.45, 2.75) is 19.3 Å². The number of rotatable bonds is 2. The van der Waals surface area contributed by atoms with E-state index < -0.39 is 0 Å². The molecule has 0 spiro atoms. The fraction of sp³-hybridized carbons (Fsp3) is 0.857. The van der Waals surface area contributed by atoms with E-state index in [2.05, 4.69) is 0 Å². The number of hydrogen-bond donors (Lipinski definition) is 2. The number of amidine groups is 1. The number of nitrogens with zero attached hydrogens (tertiary/aromatic N) is 1. The Morgan fingerprint density at radius 1 is 1.40 bits per heavy atom. The Labute approximate surface area is 61.2 Å². The Balaban J connectivity index is 2.25. The fourth-order valence-electron chi connectivity index (χ4n) is 1.25. The first-order valence-electron chi connectivity index (χ1n) is 3.78. The van der Waals surface area contributed by atoms with Crippen LogP contribution < -0.4 is 0 Å². The molecule has 0 amide bonds. The first kappa shape index (κ1) is 7.54. The van der Waals surface area contributed by atoms with Crippen LogP contribution in [0.5, 0.6) is 0 Å². The Kier molecular flexibility index (Phi) is 2.68. The Morgan fingerprint density at radius 2 is 2.00 bits per heavy atom. The minimum Gasteiger partial charge on any atom is -0.396 e. The Bertz CT molecular complexity index is 119. The van der Waals surface area contributed by atoms with E-state index in [9.17, 15) is 0 Å². The highest BCUT2D eigenvalue weighted by atomic mass is 16.3. The molecule has 58 valence electrons. The zero-order valence-electron chi connectivity index (χ0n) is 6.14. The van der Waals surface area contributed by atoms with Gasteiger partial charge in [-0.2, -0.15) is 0 Å². The molecule has 2 N–H and O–H groups in total. The van der Waals surface area contributed by atoms with Crippen molar-refractivity contribution in [2.75, 3.05) is 19.7 Å². The van der Waals surface area contributed by atoms with Gasteiger partial charge in [0.2, 0.25) is 0 Å². The molecule has 10 heavy (non-hydrogen) atoms. The maximum atomic E-state index is 8.53. The molecule has 1 aliphatic rings. The SMILES string of the molecule is N=C(CCO)N1CCCC1. The highest BCUT2D eigenvalue weighted by Crippen LogP contribution is 2.08. The normalized spacial score (nSPS) is 17.9. The standard InChI is InChI=1S/C7H14N2O/c8-7(3-6-10)9-4-1-2-5-9/h8,10H,1-6H2. The topological polar surface area (TPSA) is 47.3 Å². The first-order chi connectivity index (χ1) is 4.84. The number of hydrogen-bond acceptors (Lipinski definition) is 2. The molecular formula is C7H14N2O. The van der Waals surface area contributed by atoms with E-state index in [1.54, 1.807) is 0 Å². The summed E-state index contributed by atoms with van der Waals surface area (Å²) in [6, 6.07) is 0. The molecule has 0 aliphatic carbocycles. The minimum absolute atomic E-state index is 0.106. The van der Waals surface area contributed by atoms with Crippen molar-refractivity contribution >= 4 is 5.84 Å². The maximum absolute atomic E-state index is 8.53. The molecule has 0 saturated carbocycles. The van der Waals surface area contributed by atoms with Gasteiger partial charge in [0.05, 0.1) is 12.4 Å². The molecule has 0 radical (unpaired) electrons. The lowest BCUT2D eigenvalue weighted by atomic mass is 10.4. The molecule has 1 saturated heterocycles. The van der Waals surface area contributed by atoms with Gasteiger partial charge in [0.1, 0.15) is 0 Å². The van der Waals surface area contributed by atoms with Gasteiger partial charge in [-0.05, 0) is 12.8 Å². The molecule has 1 heterocycles. The van der Waals surface area contributed by atoms with Gasteiger partial charge in [0.25, 0.3) is 0 Å². The second-order valence-corrected chi connectivity index (χ2v) is 2.61. The predicted octanol–water partition coefficient (Wildman–Crippen LogP) is 0.442. The van der Waals surface area contributed by atoms with E-state index in [1.165, 1.54) is 12.8 Å². The quantitative estimate of drug-likeness (QED) is 0.434. The Morgan fingerprint density at radius 3 is 2.50 bits per heavy atom. The average molecular weight is 142 g/mol. The van der Waals surface area contributed by atoms with Crippen LogP contribution in [-0.4, -0.2) is 35.5 Å². The molecular weight excluding hydrogens is 128 g/mol. The molecule has 0 aromatic carbocycles. The summed E-state index contributed by atoms with van der Waals surface area (Å²) in [5.41, 5.74) is 0. The van der Waals surface area contributed by atoms with Crippen molar-refractivity contribution in [3.05, 3.63) is 0 Å². The highest BCUT2D eigenvalue weighted by molar-refractivity contribution is 5.79. The van der Waals surface area contributed by atoms with Gasteiger partial charge >= 0.3 is 0 Å². The van der Waals surface area contributed by atoms with E-state index in [0.717, 1.165) is 13.1 Å². The summed E-state index contributed by atoms with van der Waals surface area (Å²) in [6.07, 6.45) is 2.92. The molecule has 1 rings (SSSR count). The fourth-order valence-corrected chi connectivity index (χ4v) is 1.25. The molecule has 0 atom stereocenters. The summed E-state index contributed by atoms with van der Waals surface area (Å²) in [4.78, 5) is 2.04.